The highest BCUT2D eigenvalue weighted by atomic mass is 16.5. The SMILES string of the molecule is COc1ccccc1CC(=O)N1CCOC[C@H]1CCc1nccnc1C. The maximum atomic E-state index is 12.9. The van der Waals surface area contributed by atoms with Crippen LogP contribution < -0.4 is 4.74 Å². The molecule has 1 fully saturated rings. The van der Waals surface area contributed by atoms with E-state index >= 15 is 0 Å². The first-order valence-corrected chi connectivity index (χ1v) is 8.94. The zero-order chi connectivity index (χ0) is 18.4. The van der Waals surface area contributed by atoms with Gasteiger partial charge in [0.25, 0.3) is 0 Å². The molecule has 1 aliphatic rings. The van der Waals surface area contributed by atoms with E-state index in [-0.39, 0.29) is 11.9 Å². The van der Waals surface area contributed by atoms with Crippen LogP contribution in [0.4, 0.5) is 0 Å². The van der Waals surface area contributed by atoms with Gasteiger partial charge in [-0.15, -0.1) is 0 Å². The quantitative estimate of drug-likeness (QED) is 0.795. The van der Waals surface area contributed by atoms with E-state index in [9.17, 15) is 4.79 Å². The molecule has 0 spiro atoms. The van der Waals surface area contributed by atoms with Crippen LogP contribution in [0.5, 0.6) is 5.75 Å². The van der Waals surface area contributed by atoms with Gasteiger partial charge in [0.05, 0.1) is 44.2 Å². The second-order valence-electron chi connectivity index (χ2n) is 6.43. The summed E-state index contributed by atoms with van der Waals surface area (Å²) in [5, 5.41) is 0. The predicted octanol–water partition coefficient (Wildman–Crippen LogP) is 2.20. The molecule has 26 heavy (non-hydrogen) atoms. The minimum absolute atomic E-state index is 0.0624. The zero-order valence-electron chi connectivity index (χ0n) is 15.4. The molecule has 1 aromatic heterocycles. The number of aromatic nitrogens is 2. The summed E-state index contributed by atoms with van der Waals surface area (Å²) in [4.78, 5) is 23.5. The number of methoxy groups -OCH3 is 1. The molecule has 6 heteroatoms. The molecule has 0 unspecified atom stereocenters. The predicted molar refractivity (Wildman–Crippen MR) is 98.1 cm³/mol. The van der Waals surface area contributed by atoms with Gasteiger partial charge in [0.2, 0.25) is 5.91 Å². The summed E-state index contributed by atoms with van der Waals surface area (Å²) in [6, 6.07) is 7.73. The Morgan fingerprint density at radius 3 is 2.92 bits per heavy atom. The third-order valence-electron chi connectivity index (χ3n) is 4.78. The molecular weight excluding hydrogens is 330 g/mol. The second kappa shape index (κ2) is 8.76. The Kier molecular flexibility index (Phi) is 6.17. The summed E-state index contributed by atoms with van der Waals surface area (Å²) in [5.41, 5.74) is 2.83. The van der Waals surface area contributed by atoms with E-state index in [1.54, 1.807) is 19.5 Å². The first-order valence-electron chi connectivity index (χ1n) is 8.94. The van der Waals surface area contributed by atoms with Crippen LogP contribution >= 0.6 is 0 Å². The number of amides is 1. The molecule has 0 N–H and O–H groups in total. The monoisotopic (exact) mass is 355 g/mol. The standard InChI is InChI=1S/C20H25N3O3/c1-15-18(22-10-9-21-15)8-7-17-14-26-12-11-23(17)20(24)13-16-5-3-4-6-19(16)25-2/h3-6,9-10,17H,7-8,11-14H2,1-2H3/t17-/m1/s1. The van der Waals surface area contributed by atoms with Gasteiger partial charge in [0.15, 0.2) is 0 Å². The van der Waals surface area contributed by atoms with Gasteiger partial charge in [-0.05, 0) is 25.8 Å². The van der Waals surface area contributed by atoms with Crippen LogP contribution in [-0.2, 0) is 22.4 Å². The van der Waals surface area contributed by atoms with Crippen LogP contribution in [0.3, 0.4) is 0 Å². The minimum atomic E-state index is 0.0624. The molecule has 138 valence electrons. The van der Waals surface area contributed by atoms with E-state index in [2.05, 4.69) is 9.97 Å². The van der Waals surface area contributed by atoms with Crippen molar-refractivity contribution >= 4 is 5.91 Å². The molecule has 1 amide bonds. The Hall–Kier alpha value is -2.47. The summed E-state index contributed by atoms with van der Waals surface area (Å²) in [7, 11) is 1.63. The average molecular weight is 355 g/mol. The Morgan fingerprint density at radius 2 is 2.12 bits per heavy atom. The molecular formula is C20H25N3O3. The molecule has 2 aromatic rings. The first-order chi connectivity index (χ1) is 12.7. The van der Waals surface area contributed by atoms with E-state index in [1.165, 1.54) is 0 Å². The minimum Gasteiger partial charge on any atom is -0.496 e. The van der Waals surface area contributed by atoms with Crippen LogP contribution in [0.25, 0.3) is 0 Å². The highest BCUT2D eigenvalue weighted by molar-refractivity contribution is 5.80. The van der Waals surface area contributed by atoms with Gasteiger partial charge in [-0.2, -0.15) is 0 Å². The number of nitrogens with zero attached hydrogens (tertiary/aromatic N) is 3. The smallest absolute Gasteiger partial charge is 0.227 e. The molecule has 1 aliphatic heterocycles. The van der Waals surface area contributed by atoms with Crippen molar-refractivity contribution in [3.8, 4) is 5.75 Å². The van der Waals surface area contributed by atoms with Gasteiger partial charge in [0.1, 0.15) is 5.75 Å². The van der Waals surface area contributed by atoms with Crippen molar-refractivity contribution in [2.75, 3.05) is 26.9 Å². The van der Waals surface area contributed by atoms with Gasteiger partial charge in [-0.3, -0.25) is 14.8 Å². The molecule has 2 heterocycles. The van der Waals surface area contributed by atoms with E-state index in [1.807, 2.05) is 36.1 Å². The lowest BCUT2D eigenvalue weighted by atomic mass is 10.0. The van der Waals surface area contributed by atoms with Crippen molar-refractivity contribution in [1.82, 2.24) is 14.9 Å². The summed E-state index contributed by atoms with van der Waals surface area (Å²) in [5.74, 6) is 0.861. The number of carbonyl (C=O) groups excluding carboxylic acids is 1. The summed E-state index contributed by atoms with van der Waals surface area (Å²) in [6.07, 6.45) is 5.35. The number of ether oxygens (including phenoxy) is 2. The first kappa shape index (κ1) is 18.3. The van der Waals surface area contributed by atoms with Crippen molar-refractivity contribution in [3.63, 3.8) is 0 Å². The summed E-state index contributed by atoms with van der Waals surface area (Å²) < 4.78 is 11.0. The summed E-state index contributed by atoms with van der Waals surface area (Å²) in [6.45, 7) is 3.73. The maximum Gasteiger partial charge on any atom is 0.227 e. The largest absolute Gasteiger partial charge is 0.496 e. The van der Waals surface area contributed by atoms with Gasteiger partial charge in [-0.1, -0.05) is 18.2 Å². The lowest BCUT2D eigenvalue weighted by Gasteiger charge is -2.36. The van der Waals surface area contributed by atoms with Gasteiger partial charge >= 0.3 is 0 Å². The molecule has 0 radical (unpaired) electrons. The van der Waals surface area contributed by atoms with Gasteiger partial charge in [0, 0.05) is 24.5 Å². The number of morpholine rings is 1. The van der Waals surface area contributed by atoms with Crippen molar-refractivity contribution in [2.45, 2.75) is 32.2 Å². The Balaban J connectivity index is 1.66. The molecule has 0 saturated carbocycles. The van der Waals surface area contributed by atoms with Crippen molar-refractivity contribution in [2.24, 2.45) is 0 Å². The fourth-order valence-electron chi connectivity index (χ4n) is 3.32. The fourth-order valence-corrected chi connectivity index (χ4v) is 3.32. The number of benzene rings is 1. The molecule has 3 rings (SSSR count). The highest BCUT2D eigenvalue weighted by Crippen LogP contribution is 2.21. The number of hydrogen-bond acceptors (Lipinski definition) is 5. The van der Waals surface area contributed by atoms with E-state index in [4.69, 9.17) is 9.47 Å². The third kappa shape index (κ3) is 4.38. The van der Waals surface area contributed by atoms with Gasteiger partial charge in [-0.25, -0.2) is 0 Å². The molecule has 1 atom stereocenters. The lowest BCUT2D eigenvalue weighted by Crippen LogP contribution is -2.49. The Labute approximate surface area is 154 Å². The van der Waals surface area contributed by atoms with E-state index in [0.717, 1.165) is 35.5 Å². The van der Waals surface area contributed by atoms with E-state index < -0.39 is 0 Å². The molecule has 6 nitrogen and oxygen atoms in total. The summed E-state index contributed by atoms with van der Waals surface area (Å²) >= 11 is 0. The zero-order valence-corrected chi connectivity index (χ0v) is 15.4. The second-order valence-corrected chi connectivity index (χ2v) is 6.43. The number of rotatable bonds is 6. The number of aryl methyl sites for hydroxylation is 2. The van der Waals surface area contributed by atoms with Crippen molar-refractivity contribution in [1.29, 1.82) is 0 Å². The normalized spacial score (nSPS) is 17.2. The Morgan fingerprint density at radius 1 is 1.31 bits per heavy atom. The topological polar surface area (TPSA) is 64.5 Å². The fraction of sp³-hybridized carbons (Fsp3) is 0.450. The van der Waals surface area contributed by atoms with Crippen molar-refractivity contribution in [3.05, 3.63) is 53.6 Å². The molecule has 0 bridgehead atoms. The average Bonchev–Trinajstić information content (AvgIpc) is 2.68. The number of carbonyl (C=O) groups is 1. The lowest BCUT2D eigenvalue weighted by molar-refractivity contribution is -0.139. The van der Waals surface area contributed by atoms with Crippen LogP contribution in [-0.4, -0.2) is 53.7 Å². The molecule has 1 saturated heterocycles. The molecule has 0 aliphatic carbocycles. The van der Waals surface area contributed by atoms with Gasteiger partial charge < -0.3 is 14.4 Å². The Bertz CT molecular complexity index is 751. The van der Waals surface area contributed by atoms with Crippen LogP contribution in [0.1, 0.15) is 23.4 Å². The van der Waals surface area contributed by atoms with E-state index in [0.29, 0.717) is 26.2 Å². The highest BCUT2D eigenvalue weighted by Gasteiger charge is 2.27. The maximum absolute atomic E-state index is 12.9. The van der Waals surface area contributed by atoms with Crippen LogP contribution in [0.2, 0.25) is 0 Å². The number of para-hydroxylation sites is 1. The van der Waals surface area contributed by atoms with Crippen LogP contribution in [0, 0.1) is 6.92 Å². The number of hydrogen-bond donors (Lipinski definition) is 0. The van der Waals surface area contributed by atoms with Crippen LogP contribution in [0.15, 0.2) is 36.7 Å². The molecule has 1 aromatic carbocycles. The third-order valence-corrected chi connectivity index (χ3v) is 4.78. The van der Waals surface area contributed by atoms with Crippen molar-refractivity contribution < 1.29 is 14.3 Å².